The van der Waals surface area contributed by atoms with Crippen molar-refractivity contribution in [3.8, 4) is 0 Å². The number of ether oxygens (including phenoxy) is 4. The molecule has 1 aliphatic heterocycles. The first-order valence-electron chi connectivity index (χ1n) is 22.5. The number of carboxylic acid groups (broad SMARTS) is 1. The maximum absolute atomic E-state index is 12.7. The number of aliphatic hydroxyl groups excluding tert-OH is 3. The first kappa shape index (κ1) is 51.2. The van der Waals surface area contributed by atoms with Gasteiger partial charge in [0, 0.05) is 12.8 Å². The Hall–Kier alpha value is -1.79. The number of aliphatic hydroxyl groups is 3. The molecule has 1 saturated heterocycles. The summed E-state index contributed by atoms with van der Waals surface area (Å²) in [4.78, 5) is 36.8. The third kappa shape index (κ3) is 26.7. The summed E-state index contributed by atoms with van der Waals surface area (Å²) in [6.45, 7) is 6.19. The zero-order chi connectivity index (χ0) is 40.5. The second-order valence-electron chi connectivity index (χ2n) is 16.2. The summed E-state index contributed by atoms with van der Waals surface area (Å²) in [6, 6.07) is 0. The molecule has 55 heavy (non-hydrogen) atoms. The molecule has 1 heterocycles. The van der Waals surface area contributed by atoms with Crippen molar-refractivity contribution in [3.05, 3.63) is 0 Å². The van der Waals surface area contributed by atoms with E-state index in [2.05, 4.69) is 20.8 Å². The van der Waals surface area contributed by atoms with Crippen LogP contribution in [0.15, 0.2) is 0 Å². The summed E-state index contributed by atoms with van der Waals surface area (Å²) in [7, 11) is 0. The van der Waals surface area contributed by atoms with E-state index in [1.807, 2.05) is 0 Å². The van der Waals surface area contributed by atoms with Gasteiger partial charge in [-0.05, 0) is 18.8 Å². The molecule has 0 unspecified atom stereocenters. The number of carbonyl (C=O) groups is 3. The smallest absolute Gasteiger partial charge is 0.335 e. The van der Waals surface area contributed by atoms with Gasteiger partial charge in [-0.15, -0.1) is 0 Å². The van der Waals surface area contributed by atoms with Crippen LogP contribution in [0.4, 0.5) is 0 Å². The number of hydrogen-bond donors (Lipinski definition) is 4. The third-order valence-corrected chi connectivity index (χ3v) is 10.9. The van der Waals surface area contributed by atoms with Crippen molar-refractivity contribution in [1.82, 2.24) is 0 Å². The van der Waals surface area contributed by atoms with Gasteiger partial charge in [0.05, 0.1) is 6.61 Å². The van der Waals surface area contributed by atoms with Crippen LogP contribution in [-0.2, 0) is 33.3 Å². The molecular weight excluding hydrogens is 704 g/mol. The van der Waals surface area contributed by atoms with Gasteiger partial charge in [0.15, 0.2) is 18.5 Å². The standard InChI is InChI=1S/C44H82O11/c1-4-6-8-10-12-13-14-15-16-17-18-24-28-32-38(46)54-36(34-53-44-41(49)39(47)40(48)42(55-44)43(50)51)33-52-37(45)31-27-23-20-19-22-26-30-35(3)29-25-21-11-9-7-5-2/h35-36,39-42,44,47-49H,4-34H2,1-3H3,(H,50,51)/t35-,36+,39-,40-,41+,42-,44-/m0/s1. The van der Waals surface area contributed by atoms with E-state index in [0.717, 1.165) is 44.4 Å². The number of hydrogen-bond acceptors (Lipinski definition) is 10. The van der Waals surface area contributed by atoms with Crippen LogP contribution in [-0.4, -0.2) is 88.4 Å². The maximum Gasteiger partial charge on any atom is 0.335 e. The van der Waals surface area contributed by atoms with Crippen molar-refractivity contribution in [1.29, 1.82) is 0 Å². The predicted molar refractivity (Wildman–Crippen MR) is 216 cm³/mol. The Kier molecular flexibility index (Phi) is 31.9. The van der Waals surface area contributed by atoms with E-state index in [9.17, 15) is 34.8 Å². The van der Waals surface area contributed by atoms with Crippen LogP contribution >= 0.6 is 0 Å². The van der Waals surface area contributed by atoms with E-state index in [0.29, 0.717) is 12.8 Å². The minimum absolute atomic E-state index is 0.189. The summed E-state index contributed by atoms with van der Waals surface area (Å²) in [5, 5.41) is 39.8. The van der Waals surface area contributed by atoms with Gasteiger partial charge in [-0.25, -0.2) is 4.79 Å². The number of carboxylic acids is 1. The second-order valence-corrected chi connectivity index (χ2v) is 16.2. The van der Waals surface area contributed by atoms with Gasteiger partial charge < -0.3 is 39.4 Å². The van der Waals surface area contributed by atoms with Crippen molar-refractivity contribution in [2.75, 3.05) is 13.2 Å². The lowest BCUT2D eigenvalue weighted by Crippen LogP contribution is -2.60. The van der Waals surface area contributed by atoms with E-state index in [4.69, 9.17) is 18.9 Å². The molecule has 1 rings (SSSR count). The van der Waals surface area contributed by atoms with Gasteiger partial charge >= 0.3 is 17.9 Å². The average molecular weight is 787 g/mol. The molecular formula is C44H82O11. The molecule has 0 saturated carbocycles. The number of carbonyl (C=O) groups excluding carboxylic acids is 2. The molecule has 0 aliphatic carbocycles. The van der Waals surface area contributed by atoms with E-state index in [1.165, 1.54) is 122 Å². The molecule has 0 bridgehead atoms. The van der Waals surface area contributed by atoms with Crippen LogP contribution in [0, 0.1) is 5.92 Å². The lowest BCUT2D eigenvalue weighted by atomic mass is 9.96. The number of rotatable bonds is 37. The Morgan fingerprint density at radius 3 is 1.42 bits per heavy atom. The van der Waals surface area contributed by atoms with Gasteiger partial charge in [0.25, 0.3) is 0 Å². The summed E-state index contributed by atoms with van der Waals surface area (Å²) in [5.74, 6) is -1.64. The Balaban J connectivity index is 2.39. The third-order valence-electron chi connectivity index (χ3n) is 10.9. The SMILES string of the molecule is CCCCCCCCCCCCCCCC(=O)O[C@H](COC(=O)CCCCCCCC[C@@H](C)CCCCCCCC)CO[C@H]1O[C@H](C(=O)O)[C@@H](O)[C@H](O)[C@H]1O. The normalized spacial score (nSPS) is 20.9. The molecule has 0 spiro atoms. The molecule has 0 amide bonds. The molecule has 0 aromatic rings. The number of unbranched alkanes of at least 4 members (excludes halogenated alkanes) is 22. The minimum atomic E-state index is -1.86. The highest BCUT2D eigenvalue weighted by Crippen LogP contribution is 2.23. The van der Waals surface area contributed by atoms with Crippen molar-refractivity contribution in [2.45, 2.75) is 244 Å². The molecule has 1 aliphatic rings. The molecule has 4 N–H and O–H groups in total. The van der Waals surface area contributed by atoms with Crippen molar-refractivity contribution in [2.24, 2.45) is 5.92 Å². The molecule has 0 aromatic heterocycles. The Morgan fingerprint density at radius 1 is 0.545 bits per heavy atom. The lowest BCUT2D eigenvalue weighted by Gasteiger charge is -2.38. The van der Waals surface area contributed by atoms with Crippen LogP contribution in [0.3, 0.4) is 0 Å². The Morgan fingerprint density at radius 2 is 0.964 bits per heavy atom. The number of aliphatic carboxylic acids is 1. The molecule has 11 heteroatoms. The zero-order valence-corrected chi connectivity index (χ0v) is 35.1. The van der Waals surface area contributed by atoms with Gasteiger partial charge in [-0.3, -0.25) is 9.59 Å². The fraction of sp³-hybridized carbons (Fsp3) is 0.932. The zero-order valence-electron chi connectivity index (χ0n) is 35.1. The fourth-order valence-electron chi connectivity index (χ4n) is 7.18. The topological polar surface area (TPSA) is 169 Å². The van der Waals surface area contributed by atoms with Gasteiger partial charge in [-0.2, -0.15) is 0 Å². The first-order chi connectivity index (χ1) is 26.6. The summed E-state index contributed by atoms with van der Waals surface area (Å²) in [6.07, 6.45) is 22.9. The molecule has 1 fully saturated rings. The van der Waals surface area contributed by atoms with E-state index < -0.39 is 54.7 Å². The molecule has 0 radical (unpaired) electrons. The predicted octanol–water partition coefficient (Wildman–Crippen LogP) is 9.34. The Bertz CT molecular complexity index is 947. The van der Waals surface area contributed by atoms with Crippen molar-refractivity contribution < 1.29 is 53.8 Å². The lowest BCUT2D eigenvalue weighted by molar-refractivity contribution is -0.298. The number of esters is 2. The molecule has 0 aromatic carbocycles. The van der Waals surface area contributed by atoms with Crippen LogP contribution in [0.5, 0.6) is 0 Å². The maximum atomic E-state index is 12.7. The monoisotopic (exact) mass is 787 g/mol. The van der Waals surface area contributed by atoms with E-state index in [-0.39, 0.29) is 26.1 Å². The quantitative estimate of drug-likeness (QED) is 0.0350. The fourth-order valence-corrected chi connectivity index (χ4v) is 7.18. The van der Waals surface area contributed by atoms with Crippen LogP contribution in [0.2, 0.25) is 0 Å². The summed E-state index contributed by atoms with van der Waals surface area (Å²) >= 11 is 0. The highest BCUT2D eigenvalue weighted by Gasteiger charge is 2.47. The minimum Gasteiger partial charge on any atom is -0.479 e. The van der Waals surface area contributed by atoms with Crippen LogP contribution in [0.25, 0.3) is 0 Å². The average Bonchev–Trinajstić information content (AvgIpc) is 3.16. The van der Waals surface area contributed by atoms with Gasteiger partial charge in [0.2, 0.25) is 0 Å². The molecule has 11 nitrogen and oxygen atoms in total. The molecule has 324 valence electrons. The largest absolute Gasteiger partial charge is 0.479 e. The highest BCUT2D eigenvalue weighted by molar-refractivity contribution is 5.73. The summed E-state index contributed by atoms with van der Waals surface area (Å²) < 4.78 is 21.8. The van der Waals surface area contributed by atoms with Gasteiger partial charge in [-0.1, -0.05) is 181 Å². The second kappa shape index (κ2) is 34.3. The van der Waals surface area contributed by atoms with Crippen LogP contribution < -0.4 is 0 Å². The van der Waals surface area contributed by atoms with Crippen molar-refractivity contribution in [3.63, 3.8) is 0 Å². The van der Waals surface area contributed by atoms with Gasteiger partial charge in [0.1, 0.15) is 24.9 Å². The highest BCUT2D eigenvalue weighted by atomic mass is 16.7. The molecule has 7 atom stereocenters. The van der Waals surface area contributed by atoms with E-state index >= 15 is 0 Å². The first-order valence-corrected chi connectivity index (χ1v) is 22.5. The van der Waals surface area contributed by atoms with Crippen LogP contribution in [0.1, 0.15) is 207 Å². The summed E-state index contributed by atoms with van der Waals surface area (Å²) in [5.41, 5.74) is 0. The van der Waals surface area contributed by atoms with Crippen molar-refractivity contribution >= 4 is 17.9 Å². The van der Waals surface area contributed by atoms with E-state index in [1.54, 1.807) is 0 Å². The Labute approximate surface area is 334 Å².